The summed E-state index contributed by atoms with van der Waals surface area (Å²) >= 11 is 0. The molecule has 2 rings (SSSR count). The summed E-state index contributed by atoms with van der Waals surface area (Å²) in [5.74, 6) is 0.705. The van der Waals surface area contributed by atoms with Crippen LogP contribution in [-0.2, 0) is 4.74 Å². The van der Waals surface area contributed by atoms with Crippen LogP contribution in [0.4, 0.5) is 0 Å². The third kappa shape index (κ3) is 2.27. The van der Waals surface area contributed by atoms with Crippen LogP contribution in [0.3, 0.4) is 0 Å². The molecule has 2 aliphatic rings. The first kappa shape index (κ1) is 10.4. The second-order valence-electron chi connectivity index (χ2n) is 4.77. The van der Waals surface area contributed by atoms with Gasteiger partial charge in [-0.15, -0.1) is 0 Å². The van der Waals surface area contributed by atoms with Crippen LogP contribution in [0.2, 0.25) is 0 Å². The predicted octanol–water partition coefficient (Wildman–Crippen LogP) is 0.834. The van der Waals surface area contributed by atoms with E-state index in [2.05, 4.69) is 11.8 Å². The van der Waals surface area contributed by atoms with E-state index in [1.54, 1.807) is 0 Å². The van der Waals surface area contributed by atoms with Crippen LogP contribution < -0.4 is 5.73 Å². The second-order valence-corrected chi connectivity index (χ2v) is 4.77. The van der Waals surface area contributed by atoms with Gasteiger partial charge in [-0.1, -0.05) is 0 Å². The Morgan fingerprint density at radius 1 is 1.43 bits per heavy atom. The highest BCUT2D eigenvalue weighted by Gasteiger charge is 2.30. The zero-order chi connectivity index (χ0) is 9.97. The molecule has 2 heterocycles. The minimum Gasteiger partial charge on any atom is -0.380 e. The molecule has 0 amide bonds. The van der Waals surface area contributed by atoms with Gasteiger partial charge < -0.3 is 10.5 Å². The second kappa shape index (κ2) is 4.60. The molecule has 3 atom stereocenters. The Morgan fingerprint density at radius 2 is 2.29 bits per heavy atom. The fraction of sp³-hybridized carbons (Fsp3) is 1.00. The molecule has 3 nitrogen and oxygen atoms in total. The van der Waals surface area contributed by atoms with E-state index >= 15 is 0 Å². The smallest absolute Gasteiger partial charge is 0.0621 e. The summed E-state index contributed by atoms with van der Waals surface area (Å²) in [6.07, 6.45) is 3.81. The van der Waals surface area contributed by atoms with Crippen LogP contribution in [0.25, 0.3) is 0 Å². The Kier molecular flexibility index (Phi) is 3.42. The molecule has 2 saturated heterocycles. The Bertz CT molecular complexity index is 178. The number of likely N-dealkylation sites (tertiary alicyclic amines) is 1. The van der Waals surface area contributed by atoms with Gasteiger partial charge in [-0.25, -0.2) is 0 Å². The summed E-state index contributed by atoms with van der Waals surface area (Å²) in [5, 5.41) is 0. The fourth-order valence-electron chi connectivity index (χ4n) is 2.59. The van der Waals surface area contributed by atoms with Crippen LogP contribution >= 0.6 is 0 Å². The highest BCUT2D eigenvalue weighted by atomic mass is 16.5. The van der Waals surface area contributed by atoms with Gasteiger partial charge in [-0.3, -0.25) is 4.90 Å². The van der Waals surface area contributed by atoms with Crippen molar-refractivity contribution in [3.8, 4) is 0 Å². The highest BCUT2D eigenvalue weighted by molar-refractivity contribution is 4.85. The average Bonchev–Trinajstić information content (AvgIpc) is 2.68. The van der Waals surface area contributed by atoms with Crippen molar-refractivity contribution in [2.75, 3.05) is 26.3 Å². The molecule has 82 valence electrons. The zero-order valence-corrected chi connectivity index (χ0v) is 9.11. The summed E-state index contributed by atoms with van der Waals surface area (Å²) in [7, 11) is 0. The lowest BCUT2D eigenvalue weighted by Crippen LogP contribution is -2.40. The molecule has 0 bridgehead atoms. The zero-order valence-electron chi connectivity index (χ0n) is 9.11. The van der Waals surface area contributed by atoms with Gasteiger partial charge in [0.1, 0.15) is 0 Å². The highest BCUT2D eigenvalue weighted by Crippen LogP contribution is 2.24. The van der Waals surface area contributed by atoms with Gasteiger partial charge in [0.05, 0.1) is 6.61 Å². The number of hydrogen-bond acceptors (Lipinski definition) is 3. The first-order chi connectivity index (χ1) is 6.77. The molecule has 2 N–H and O–H groups in total. The first-order valence-corrected chi connectivity index (χ1v) is 5.85. The molecule has 14 heavy (non-hydrogen) atoms. The van der Waals surface area contributed by atoms with Crippen LogP contribution in [0.15, 0.2) is 0 Å². The number of rotatable bonds is 2. The minimum absolute atomic E-state index is 0.351. The van der Waals surface area contributed by atoms with Crippen LogP contribution in [0.1, 0.15) is 26.2 Å². The predicted molar refractivity (Wildman–Crippen MR) is 57.2 cm³/mol. The molecule has 0 spiro atoms. The summed E-state index contributed by atoms with van der Waals surface area (Å²) < 4.78 is 5.52. The Balaban J connectivity index is 1.82. The van der Waals surface area contributed by atoms with Gasteiger partial charge in [-0.05, 0) is 38.6 Å². The van der Waals surface area contributed by atoms with E-state index in [-0.39, 0.29) is 0 Å². The molecular weight excluding hydrogens is 176 g/mol. The first-order valence-electron chi connectivity index (χ1n) is 5.85. The molecule has 2 fully saturated rings. The van der Waals surface area contributed by atoms with Crippen LogP contribution in [-0.4, -0.2) is 43.3 Å². The Hall–Kier alpha value is -0.120. The molecule has 2 aliphatic heterocycles. The third-order valence-corrected chi connectivity index (χ3v) is 3.65. The fourth-order valence-corrected chi connectivity index (χ4v) is 2.59. The summed E-state index contributed by atoms with van der Waals surface area (Å²) in [5.41, 5.74) is 5.93. The summed E-state index contributed by atoms with van der Waals surface area (Å²) in [4.78, 5) is 2.58. The van der Waals surface area contributed by atoms with E-state index in [4.69, 9.17) is 10.5 Å². The van der Waals surface area contributed by atoms with E-state index in [1.165, 1.54) is 32.4 Å². The van der Waals surface area contributed by atoms with Crippen LogP contribution in [0.5, 0.6) is 0 Å². The normalized spacial score (nSPS) is 37.3. The molecule has 0 aromatic heterocycles. The van der Waals surface area contributed by atoms with Crippen molar-refractivity contribution in [3.63, 3.8) is 0 Å². The topological polar surface area (TPSA) is 38.5 Å². The molecular formula is C11H22N2O. The lowest BCUT2D eigenvalue weighted by molar-refractivity contribution is 0.0252. The monoisotopic (exact) mass is 198 g/mol. The molecule has 0 aromatic rings. The van der Waals surface area contributed by atoms with Gasteiger partial charge in [0.25, 0.3) is 0 Å². The quantitative estimate of drug-likeness (QED) is 0.714. The molecule has 3 unspecified atom stereocenters. The number of hydrogen-bond donors (Lipinski definition) is 1. The van der Waals surface area contributed by atoms with Crippen molar-refractivity contribution >= 4 is 0 Å². The van der Waals surface area contributed by atoms with Gasteiger partial charge >= 0.3 is 0 Å². The SMILES string of the molecule is CC(N)C1CCN(C2CCCOC2)C1. The molecule has 0 radical (unpaired) electrons. The molecule has 0 saturated carbocycles. The maximum Gasteiger partial charge on any atom is 0.0621 e. The van der Waals surface area contributed by atoms with Crippen molar-refractivity contribution in [1.29, 1.82) is 0 Å². The van der Waals surface area contributed by atoms with Crippen molar-refractivity contribution < 1.29 is 4.74 Å². The third-order valence-electron chi connectivity index (χ3n) is 3.65. The van der Waals surface area contributed by atoms with Gasteiger partial charge in [0.2, 0.25) is 0 Å². The van der Waals surface area contributed by atoms with E-state index in [1.807, 2.05) is 0 Å². The Labute approximate surface area is 86.6 Å². The minimum atomic E-state index is 0.351. The maximum atomic E-state index is 5.93. The van der Waals surface area contributed by atoms with Crippen molar-refractivity contribution in [1.82, 2.24) is 4.90 Å². The maximum absolute atomic E-state index is 5.93. The molecule has 0 aromatic carbocycles. The van der Waals surface area contributed by atoms with E-state index in [9.17, 15) is 0 Å². The molecule has 3 heteroatoms. The number of nitrogens with zero attached hydrogens (tertiary/aromatic N) is 1. The molecule has 0 aliphatic carbocycles. The van der Waals surface area contributed by atoms with Gasteiger partial charge in [-0.2, -0.15) is 0 Å². The van der Waals surface area contributed by atoms with Gasteiger partial charge in [0, 0.05) is 25.2 Å². The van der Waals surface area contributed by atoms with Gasteiger partial charge in [0.15, 0.2) is 0 Å². The van der Waals surface area contributed by atoms with Crippen molar-refractivity contribution in [2.24, 2.45) is 11.7 Å². The summed E-state index contributed by atoms with van der Waals surface area (Å²) in [6, 6.07) is 1.03. The standard InChI is InChI=1S/C11H22N2O/c1-9(12)10-4-5-13(7-10)11-3-2-6-14-8-11/h9-11H,2-8,12H2,1H3. The van der Waals surface area contributed by atoms with Crippen molar-refractivity contribution in [3.05, 3.63) is 0 Å². The van der Waals surface area contributed by atoms with E-state index in [0.717, 1.165) is 13.2 Å². The summed E-state index contributed by atoms with van der Waals surface area (Å²) in [6.45, 7) is 6.43. The Morgan fingerprint density at radius 3 is 2.86 bits per heavy atom. The number of ether oxygens (including phenoxy) is 1. The average molecular weight is 198 g/mol. The number of nitrogens with two attached hydrogens (primary N) is 1. The largest absolute Gasteiger partial charge is 0.380 e. The lowest BCUT2D eigenvalue weighted by atomic mass is 10.0. The van der Waals surface area contributed by atoms with E-state index in [0.29, 0.717) is 18.0 Å². The van der Waals surface area contributed by atoms with Crippen molar-refractivity contribution in [2.45, 2.75) is 38.3 Å². The van der Waals surface area contributed by atoms with E-state index < -0.39 is 0 Å². The van der Waals surface area contributed by atoms with Crippen LogP contribution in [0, 0.1) is 5.92 Å². The lowest BCUT2D eigenvalue weighted by Gasteiger charge is -2.31.